The van der Waals surface area contributed by atoms with E-state index in [-0.39, 0.29) is 5.91 Å². The molecule has 0 unspecified atom stereocenters. The van der Waals surface area contributed by atoms with Gasteiger partial charge >= 0.3 is 5.97 Å². The summed E-state index contributed by atoms with van der Waals surface area (Å²) in [6.45, 7) is 7.68. The van der Waals surface area contributed by atoms with Crippen LogP contribution in [-0.4, -0.2) is 48.5 Å². The molecule has 1 heterocycles. The number of methoxy groups -OCH3 is 1. The first-order valence-electron chi connectivity index (χ1n) is 6.60. The van der Waals surface area contributed by atoms with Crippen molar-refractivity contribution in [2.24, 2.45) is 0 Å². The molecule has 1 N–H and O–H groups in total. The molecule has 0 aliphatic heterocycles. The minimum absolute atomic E-state index is 0.115. The van der Waals surface area contributed by atoms with Gasteiger partial charge in [0.2, 0.25) is 5.91 Å². The minimum atomic E-state index is -0.439. The van der Waals surface area contributed by atoms with Crippen LogP contribution in [0.3, 0.4) is 0 Å². The van der Waals surface area contributed by atoms with Crippen LogP contribution in [0.2, 0.25) is 0 Å². The Bertz CT molecular complexity index is 469. The van der Waals surface area contributed by atoms with Crippen LogP contribution in [0.5, 0.6) is 0 Å². The first kappa shape index (κ1) is 16.4. The van der Waals surface area contributed by atoms with E-state index >= 15 is 0 Å². The molecule has 0 saturated carbocycles. The summed E-state index contributed by atoms with van der Waals surface area (Å²) >= 11 is 1.38. The largest absolute Gasteiger partial charge is 0.464 e. The quantitative estimate of drug-likeness (QED) is 0.779. The third kappa shape index (κ3) is 4.19. The average molecular weight is 299 g/mol. The lowest BCUT2D eigenvalue weighted by atomic mass is 10.3. The smallest absolute Gasteiger partial charge is 0.357 e. The zero-order valence-corrected chi connectivity index (χ0v) is 13.2. The fourth-order valence-corrected chi connectivity index (χ4v) is 2.60. The van der Waals surface area contributed by atoms with Crippen molar-refractivity contribution in [1.29, 1.82) is 0 Å². The fraction of sp³-hybridized carbons (Fsp3) is 0.615. The van der Waals surface area contributed by atoms with Gasteiger partial charge in [-0.1, -0.05) is 0 Å². The highest BCUT2D eigenvalue weighted by Gasteiger charge is 2.16. The van der Waals surface area contributed by atoms with Crippen molar-refractivity contribution < 1.29 is 14.3 Å². The summed E-state index contributed by atoms with van der Waals surface area (Å²) in [5.41, 5.74) is 0.329. The van der Waals surface area contributed by atoms with Gasteiger partial charge in [-0.05, 0) is 20.8 Å². The van der Waals surface area contributed by atoms with Crippen LogP contribution < -0.4 is 5.32 Å². The van der Waals surface area contributed by atoms with Gasteiger partial charge in [-0.15, -0.1) is 11.3 Å². The van der Waals surface area contributed by atoms with E-state index in [9.17, 15) is 9.59 Å². The molecule has 7 heteroatoms. The second-order valence-electron chi connectivity index (χ2n) is 4.16. The number of anilines is 1. The van der Waals surface area contributed by atoms with Crippen LogP contribution in [0.4, 0.5) is 5.13 Å². The molecule has 1 amide bonds. The zero-order chi connectivity index (χ0) is 15.1. The number of hydrogen-bond donors (Lipinski definition) is 1. The summed E-state index contributed by atoms with van der Waals surface area (Å²) in [5, 5.41) is 3.71. The molecule has 0 atom stereocenters. The summed E-state index contributed by atoms with van der Waals surface area (Å²) in [4.78, 5) is 30.0. The highest BCUT2D eigenvalue weighted by molar-refractivity contribution is 7.15. The van der Waals surface area contributed by atoms with Crippen molar-refractivity contribution in [3.05, 3.63) is 10.6 Å². The normalized spacial score (nSPS) is 10.2. The Hall–Kier alpha value is -1.63. The number of amides is 1. The highest BCUT2D eigenvalue weighted by Crippen LogP contribution is 2.22. The average Bonchev–Trinajstić information content (AvgIpc) is 2.80. The number of aromatic nitrogens is 1. The van der Waals surface area contributed by atoms with Crippen LogP contribution >= 0.6 is 11.3 Å². The number of thiazole rings is 1. The maximum atomic E-state index is 11.8. The lowest BCUT2D eigenvalue weighted by Crippen LogP contribution is -2.31. The summed E-state index contributed by atoms with van der Waals surface area (Å²) in [6, 6.07) is 0. The number of aryl methyl sites for hydroxylation is 1. The third-order valence-electron chi connectivity index (χ3n) is 2.91. The van der Waals surface area contributed by atoms with Crippen LogP contribution in [0.25, 0.3) is 0 Å². The summed E-state index contributed by atoms with van der Waals surface area (Å²) in [6.07, 6.45) is 0.411. The van der Waals surface area contributed by atoms with Gasteiger partial charge in [0.05, 0.1) is 7.11 Å². The van der Waals surface area contributed by atoms with Crippen molar-refractivity contribution in [1.82, 2.24) is 9.88 Å². The Morgan fingerprint density at radius 2 is 2.00 bits per heavy atom. The lowest BCUT2D eigenvalue weighted by molar-refractivity contribution is -0.130. The maximum Gasteiger partial charge on any atom is 0.357 e. The van der Waals surface area contributed by atoms with E-state index in [0.717, 1.165) is 18.0 Å². The highest BCUT2D eigenvalue weighted by atomic mass is 32.1. The van der Waals surface area contributed by atoms with Gasteiger partial charge in [-0.3, -0.25) is 4.79 Å². The number of hydrogen-bond acceptors (Lipinski definition) is 6. The van der Waals surface area contributed by atoms with Gasteiger partial charge < -0.3 is 15.0 Å². The standard InChI is InChI=1S/C13H21N3O3S/c1-5-16(6-2)10(17)7-8-14-13-15-11(9(3)20-13)12(18)19-4/h5-8H2,1-4H3,(H,14,15). The SMILES string of the molecule is CCN(CC)C(=O)CCNc1nc(C(=O)OC)c(C)s1. The molecular formula is C13H21N3O3S. The molecule has 0 fully saturated rings. The minimum Gasteiger partial charge on any atom is -0.464 e. The molecule has 1 aromatic rings. The summed E-state index contributed by atoms with van der Waals surface area (Å²) < 4.78 is 4.65. The molecule has 0 aromatic carbocycles. The number of carbonyl (C=O) groups is 2. The van der Waals surface area contributed by atoms with Gasteiger partial charge in [-0.25, -0.2) is 9.78 Å². The van der Waals surface area contributed by atoms with Gasteiger partial charge in [0, 0.05) is 30.9 Å². The second-order valence-corrected chi connectivity index (χ2v) is 5.36. The van der Waals surface area contributed by atoms with Crippen molar-refractivity contribution in [2.45, 2.75) is 27.2 Å². The molecule has 112 valence electrons. The van der Waals surface area contributed by atoms with Gasteiger partial charge in [0.1, 0.15) is 0 Å². The molecule has 6 nitrogen and oxygen atoms in total. The molecule has 0 radical (unpaired) electrons. The van der Waals surface area contributed by atoms with Crippen molar-refractivity contribution >= 4 is 28.3 Å². The predicted octanol–water partition coefficient (Wildman–Crippen LogP) is 1.91. The summed E-state index contributed by atoms with van der Waals surface area (Å²) in [5.74, 6) is -0.324. The van der Waals surface area contributed by atoms with Crippen LogP contribution in [0.1, 0.15) is 35.6 Å². The molecule has 1 rings (SSSR count). The Morgan fingerprint density at radius 1 is 1.35 bits per heavy atom. The molecular weight excluding hydrogens is 278 g/mol. The first-order chi connectivity index (χ1) is 9.53. The van der Waals surface area contributed by atoms with E-state index in [1.807, 2.05) is 20.8 Å². The second kappa shape index (κ2) is 7.84. The lowest BCUT2D eigenvalue weighted by Gasteiger charge is -2.18. The molecule has 0 aliphatic rings. The van der Waals surface area contributed by atoms with E-state index in [0.29, 0.717) is 23.8 Å². The number of carbonyl (C=O) groups excluding carboxylic acids is 2. The predicted molar refractivity (Wildman–Crippen MR) is 79.2 cm³/mol. The molecule has 0 saturated heterocycles. The Balaban J connectivity index is 2.51. The van der Waals surface area contributed by atoms with E-state index in [1.165, 1.54) is 18.4 Å². The number of nitrogens with zero attached hydrogens (tertiary/aromatic N) is 2. The molecule has 1 aromatic heterocycles. The number of ether oxygens (including phenoxy) is 1. The number of esters is 1. The van der Waals surface area contributed by atoms with Crippen LogP contribution in [0, 0.1) is 6.92 Å². The third-order valence-corrected chi connectivity index (χ3v) is 3.84. The van der Waals surface area contributed by atoms with Gasteiger partial charge in [0.15, 0.2) is 10.8 Å². The van der Waals surface area contributed by atoms with Crippen molar-refractivity contribution in [3.8, 4) is 0 Å². The fourth-order valence-electron chi connectivity index (χ4n) is 1.77. The zero-order valence-electron chi connectivity index (χ0n) is 12.4. The van der Waals surface area contributed by atoms with Gasteiger partial charge in [0.25, 0.3) is 0 Å². The molecule has 20 heavy (non-hydrogen) atoms. The Kier molecular flexibility index (Phi) is 6.44. The van der Waals surface area contributed by atoms with Crippen molar-refractivity contribution in [2.75, 3.05) is 32.1 Å². The van der Waals surface area contributed by atoms with E-state index in [1.54, 1.807) is 4.90 Å². The Morgan fingerprint density at radius 3 is 2.55 bits per heavy atom. The number of nitrogens with one attached hydrogen (secondary N) is 1. The van der Waals surface area contributed by atoms with Gasteiger partial charge in [-0.2, -0.15) is 0 Å². The summed E-state index contributed by atoms with van der Waals surface area (Å²) in [7, 11) is 1.33. The molecule has 0 aliphatic carbocycles. The molecule has 0 bridgehead atoms. The Labute approximate surface area is 123 Å². The maximum absolute atomic E-state index is 11.8. The monoisotopic (exact) mass is 299 g/mol. The van der Waals surface area contributed by atoms with E-state index in [2.05, 4.69) is 15.0 Å². The molecule has 0 spiro atoms. The first-order valence-corrected chi connectivity index (χ1v) is 7.42. The van der Waals surface area contributed by atoms with Crippen molar-refractivity contribution in [3.63, 3.8) is 0 Å². The van der Waals surface area contributed by atoms with E-state index in [4.69, 9.17) is 0 Å². The van der Waals surface area contributed by atoms with Crippen LogP contribution in [-0.2, 0) is 9.53 Å². The van der Waals surface area contributed by atoms with Crippen LogP contribution in [0.15, 0.2) is 0 Å². The van der Waals surface area contributed by atoms with E-state index < -0.39 is 5.97 Å². The topological polar surface area (TPSA) is 71.5 Å². The number of rotatable bonds is 7.